The Hall–Kier alpha value is -1.66. The molecule has 2 atom stereocenters. The fourth-order valence-corrected chi connectivity index (χ4v) is 6.10. The van der Waals surface area contributed by atoms with Crippen LogP contribution in [0.25, 0.3) is 20.2 Å². The molecule has 6 heteroatoms. The van der Waals surface area contributed by atoms with E-state index < -0.39 is 0 Å². The highest BCUT2D eigenvalue weighted by Crippen LogP contribution is 2.51. The molecule has 2 heterocycles. The molecule has 3 rings (SSSR count). The van der Waals surface area contributed by atoms with Gasteiger partial charge in [-0.1, -0.05) is 66.2 Å². The van der Waals surface area contributed by atoms with Crippen molar-refractivity contribution in [2.45, 2.75) is 79.1 Å². The van der Waals surface area contributed by atoms with Crippen molar-refractivity contribution in [2.24, 2.45) is 11.8 Å². The summed E-state index contributed by atoms with van der Waals surface area (Å²) in [4.78, 5) is 0. The molecular formula is C26H40N2O2S2. The van der Waals surface area contributed by atoms with Crippen LogP contribution in [0.2, 0.25) is 0 Å². The van der Waals surface area contributed by atoms with Gasteiger partial charge in [-0.05, 0) is 36.8 Å². The summed E-state index contributed by atoms with van der Waals surface area (Å²) in [6.45, 7) is 10.4. The molecule has 2 aromatic heterocycles. The Labute approximate surface area is 201 Å². The quantitative estimate of drug-likeness (QED) is 0.245. The fourth-order valence-electron chi connectivity index (χ4n) is 4.22. The van der Waals surface area contributed by atoms with E-state index in [1.807, 2.05) is 12.1 Å². The summed E-state index contributed by atoms with van der Waals surface area (Å²) >= 11 is 3.17. The zero-order valence-corrected chi connectivity index (χ0v) is 21.8. The Bertz CT molecular complexity index is 862. The van der Waals surface area contributed by atoms with Crippen LogP contribution in [0.1, 0.15) is 79.1 Å². The van der Waals surface area contributed by atoms with E-state index in [-0.39, 0.29) is 0 Å². The first-order valence-electron chi connectivity index (χ1n) is 12.3. The van der Waals surface area contributed by atoms with Gasteiger partial charge in [-0.15, -0.1) is 22.7 Å². The zero-order chi connectivity index (χ0) is 23.1. The smallest absolute Gasteiger partial charge is 0.146 e. The van der Waals surface area contributed by atoms with E-state index in [4.69, 9.17) is 20.9 Å². The Kier molecular flexibility index (Phi) is 9.35. The minimum atomic E-state index is 0.563. The Morgan fingerprint density at radius 2 is 1.12 bits per heavy atom. The van der Waals surface area contributed by atoms with Crippen LogP contribution in [0.3, 0.4) is 0 Å². The molecule has 0 bridgehead atoms. The van der Waals surface area contributed by atoms with Gasteiger partial charge in [-0.3, -0.25) is 0 Å². The Morgan fingerprint density at radius 1 is 0.719 bits per heavy atom. The topological polar surface area (TPSA) is 70.5 Å². The monoisotopic (exact) mass is 476 g/mol. The third-order valence-corrected chi connectivity index (χ3v) is 8.34. The largest absolute Gasteiger partial charge is 0.491 e. The summed E-state index contributed by atoms with van der Waals surface area (Å²) in [5.41, 5.74) is 12.5. The van der Waals surface area contributed by atoms with E-state index in [9.17, 15) is 0 Å². The molecule has 1 aromatic carbocycles. The number of benzene rings is 1. The lowest BCUT2D eigenvalue weighted by molar-refractivity contribution is 0.235. The molecule has 0 amide bonds. The second-order valence-electron chi connectivity index (χ2n) is 8.90. The molecule has 0 aliphatic rings. The second-order valence-corrected chi connectivity index (χ2v) is 11.1. The van der Waals surface area contributed by atoms with Crippen molar-refractivity contribution in [2.75, 3.05) is 24.7 Å². The molecule has 3 aromatic rings. The number of thiophene rings is 2. The van der Waals surface area contributed by atoms with Gasteiger partial charge < -0.3 is 20.9 Å². The molecular weight excluding hydrogens is 436 g/mol. The first kappa shape index (κ1) is 25.0. The Morgan fingerprint density at radius 3 is 1.47 bits per heavy atom. The third kappa shape index (κ3) is 5.82. The molecule has 0 saturated heterocycles. The van der Waals surface area contributed by atoms with Crippen LogP contribution in [0.5, 0.6) is 11.5 Å². The highest BCUT2D eigenvalue weighted by molar-refractivity contribution is 7.25. The maximum atomic E-state index is 6.51. The van der Waals surface area contributed by atoms with Crippen molar-refractivity contribution in [3.8, 4) is 11.5 Å². The van der Waals surface area contributed by atoms with Crippen molar-refractivity contribution in [3.05, 3.63) is 12.1 Å². The highest BCUT2D eigenvalue weighted by atomic mass is 32.1. The first-order chi connectivity index (χ1) is 15.5. The van der Waals surface area contributed by atoms with Crippen LogP contribution in [0, 0.1) is 11.8 Å². The van der Waals surface area contributed by atoms with Crippen LogP contribution in [0.4, 0.5) is 10.0 Å². The predicted molar refractivity (Wildman–Crippen MR) is 144 cm³/mol. The number of fused-ring (bicyclic) bond motifs is 2. The average Bonchev–Trinajstić information content (AvgIpc) is 3.36. The van der Waals surface area contributed by atoms with Crippen LogP contribution in [0.15, 0.2) is 12.1 Å². The van der Waals surface area contributed by atoms with Gasteiger partial charge in [0, 0.05) is 10.8 Å². The number of unbranched alkanes of at least 4 members (excludes halogenated alkanes) is 2. The fraction of sp³-hybridized carbons (Fsp3) is 0.615. The highest BCUT2D eigenvalue weighted by Gasteiger charge is 2.22. The number of rotatable bonds is 14. The van der Waals surface area contributed by atoms with Gasteiger partial charge in [-0.2, -0.15) is 0 Å². The van der Waals surface area contributed by atoms with E-state index >= 15 is 0 Å². The lowest BCUT2D eigenvalue weighted by atomic mass is 10.0. The molecule has 0 radical (unpaired) electrons. The van der Waals surface area contributed by atoms with E-state index in [1.165, 1.54) is 38.5 Å². The van der Waals surface area contributed by atoms with E-state index in [1.54, 1.807) is 22.7 Å². The van der Waals surface area contributed by atoms with E-state index in [0.29, 0.717) is 11.8 Å². The Balaban J connectivity index is 1.96. The van der Waals surface area contributed by atoms with E-state index in [2.05, 4.69) is 27.7 Å². The minimum Gasteiger partial charge on any atom is -0.491 e. The number of anilines is 2. The molecule has 4 N–H and O–H groups in total. The number of hydrogen-bond donors (Lipinski definition) is 2. The van der Waals surface area contributed by atoms with Crippen LogP contribution in [-0.4, -0.2) is 13.2 Å². The molecule has 4 nitrogen and oxygen atoms in total. The molecule has 0 saturated carbocycles. The maximum Gasteiger partial charge on any atom is 0.146 e. The van der Waals surface area contributed by atoms with Gasteiger partial charge in [0.15, 0.2) is 0 Å². The lowest BCUT2D eigenvalue weighted by Gasteiger charge is -2.19. The molecule has 0 fully saturated rings. The van der Waals surface area contributed by atoms with Crippen molar-refractivity contribution in [1.29, 1.82) is 0 Å². The van der Waals surface area contributed by atoms with Gasteiger partial charge in [0.05, 0.1) is 32.6 Å². The molecule has 0 aliphatic carbocycles. The summed E-state index contributed by atoms with van der Waals surface area (Å²) in [6, 6.07) is 4.08. The van der Waals surface area contributed by atoms with Crippen molar-refractivity contribution in [3.63, 3.8) is 0 Å². The van der Waals surface area contributed by atoms with Crippen LogP contribution >= 0.6 is 22.7 Å². The summed E-state index contributed by atoms with van der Waals surface area (Å²) < 4.78 is 15.2. The summed E-state index contributed by atoms with van der Waals surface area (Å²) in [7, 11) is 0. The summed E-state index contributed by atoms with van der Waals surface area (Å²) in [5, 5.41) is 3.69. The molecule has 0 aliphatic heterocycles. The van der Waals surface area contributed by atoms with Gasteiger partial charge in [0.2, 0.25) is 0 Å². The second kappa shape index (κ2) is 12.0. The molecule has 178 valence electrons. The zero-order valence-electron chi connectivity index (χ0n) is 20.2. The normalized spacial score (nSPS) is 13.6. The van der Waals surface area contributed by atoms with Crippen molar-refractivity contribution >= 4 is 52.8 Å². The molecule has 32 heavy (non-hydrogen) atoms. The minimum absolute atomic E-state index is 0.563. The van der Waals surface area contributed by atoms with Gasteiger partial charge >= 0.3 is 0 Å². The number of nitrogens with two attached hydrogens (primary N) is 2. The first-order valence-corrected chi connectivity index (χ1v) is 13.9. The number of nitrogen functional groups attached to an aromatic ring is 2. The van der Waals surface area contributed by atoms with Crippen LogP contribution < -0.4 is 20.9 Å². The molecule has 2 unspecified atom stereocenters. The van der Waals surface area contributed by atoms with E-state index in [0.717, 1.165) is 67.7 Å². The third-order valence-electron chi connectivity index (χ3n) is 6.42. The van der Waals surface area contributed by atoms with Gasteiger partial charge in [0.1, 0.15) is 11.5 Å². The molecule has 0 spiro atoms. The number of hydrogen-bond acceptors (Lipinski definition) is 6. The maximum absolute atomic E-state index is 6.51. The lowest BCUT2D eigenvalue weighted by Crippen LogP contribution is -2.12. The SMILES string of the molecule is CCCCC(CC)COc1c2cc(N)sc2c(OCC(CC)CCCC)c2cc(N)sc12. The van der Waals surface area contributed by atoms with Crippen LogP contribution in [-0.2, 0) is 0 Å². The summed E-state index contributed by atoms with van der Waals surface area (Å²) in [6.07, 6.45) is 9.59. The predicted octanol–water partition coefficient (Wildman–Crippen LogP) is 8.47. The van der Waals surface area contributed by atoms with Crippen molar-refractivity contribution < 1.29 is 9.47 Å². The average molecular weight is 477 g/mol. The standard InChI is InChI=1S/C26H40N2O2S2/c1-5-9-11-17(7-3)15-29-23-19-13-21(27)32-26(19)24(20-14-22(28)31-25(20)23)30-16-18(8-4)12-10-6-2/h13-14,17-18H,5-12,15-16,27-28H2,1-4H3. The van der Waals surface area contributed by atoms with Gasteiger partial charge in [-0.25, -0.2) is 0 Å². The summed E-state index contributed by atoms with van der Waals surface area (Å²) in [5.74, 6) is 2.97. The van der Waals surface area contributed by atoms with Crippen molar-refractivity contribution in [1.82, 2.24) is 0 Å². The van der Waals surface area contributed by atoms with Gasteiger partial charge in [0.25, 0.3) is 0 Å². The number of ether oxygens (including phenoxy) is 2.